The smallest absolute Gasteiger partial charge is 0.0903 e. The number of nitriles is 1. The zero-order valence-electron chi connectivity index (χ0n) is 4.79. The zero-order valence-corrected chi connectivity index (χ0v) is 4.79. The van der Waals surface area contributed by atoms with Gasteiger partial charge in [0, 0.05) is 7.11 Å². The van der Waals surface area contributed by atoms with Gasteiger partial charge in [-0.05, 0) is 0 Å². The van der Waals surface area contributed by atoms with Crippen molar-refractivity contribution in [3.8, 4) is 6.07 Å². The van der Waals surface area contributed by atoms with Crippen molar-refractivity contribution in [2.24, 2.45) is 0 Å². The monoisotopic (exact) mass is 115 g/mol. The lowest BCUT2D eigenvalue weighted by Crippen LogP contribution is -2.12. The van der Waals surface area contributed by atoms with E-state index in [1.807, 2.05) is 6.07 Å². The summed E-state index contributed by atoms with van der Waals surface area (Å²) in [5.41, 5.74) is 0. The molecule has 0 aliphatic rings. The van der Waals surface area contributed by atoms with Gasteiger partial charge in [-0.3, -0.25) is 0 Å². The SMILES string of the molecule is COC[C@H](O)CC#N. The van der Waals surface area contributed by atoms with E-state index in [1.54, 1.807) is 0 Å². The first-order chi connectivity index (χ1) is 3.81. The van der Waals surface area contributed by atoms with E-state index in [1.165, 1.54) is 7.11 Å². The van der Waals surface area contributed by atoms with Crippen LogP contribution in [-0.4, -0.2) is 24.9 Å². The molecular formula is C5H9NO2. The summed E-state index contributed by atoms with van der Waals surface area (Å²) in [6.07, 6.45) is -0.474. The van der Waals surface area contributed by atoms with Crippen LogP contribution in [0.15, 0.2) is 0 Å². The fourth-order valence-electron chi connectivity index (χ4n) is 0.357. The molecule has 0 aromatic rings. The number of hydrogen-bond acceptors (Lipinski definition) is 3. The normalized spacial score (nSPS) is 12.6. The van der Waals surface area contributed by atoms with Crippen LogP contribution in [0, 0.1) is 11.3 Å². The van der Waals surface area contributed by atoms with E-state index < -0.39 is 6.10 Å². The van der Waals surface area contributed by atoms with Crippen LogP contribution in [-0.2, 0) is 4.74 Å². The molecule has 8 heavy (non-hydrogen) atoms. The van der Waals surface area contributed by atoms with Crippen molar-refractivity contribution in [3.63, 3.8) is 0 Å². The van der Waals surface area contributed by atoms with Crippen LogP contribution in [0.5, 0.6) is 0 Å². The van der Waals surface area contributed by atoms with Crippen molar-refractivity contribution in [1.82, 2.24) is 0 Å². The van der Waals surface area contributed by atoms with Gasteiger partial charge < -0.3 is 9.84 Å². The molecule has 0 spiro atoms. The second kappa shape index (κ2) is 4.57. The summed E-state index contributed by atoms with van der Waals surface area (Å²) in [5, 5.41) is 16.7. The van der Waals surface area contributed by atoms with E-state index in [0.29, 0.717) is 0 Å². The molecular weight excluding hydrogens is 106 g/mol. The molecule has 0 aliphatic carbocycles. The maximum absolute atomic E-state index is 8.70. The molecule has 3 heteroatoms. The quantitative estimate of drug-likeness (QED) is 0.559. The summed E-state index contributed by atoms with van der Waals surface area (Å²) >= 11 is 0. The highest BCUT2D eigenvalue weighted by Crippen LogP contribution is 1.87. The van der Waals surface area contributed by atoms with Gasteiger partial charge in [-0.2, -0.15) is 5.26 Å². The molecule has 0 saturated carbocycles. The Morgan fingerprint density at radius 3 is 2.88 bits per heavy atom. The van der Waals surface area contributed by atoms with Gasteiger partial charge in [0.1, 0.15) is 0 Å². The third kappa shape index (κ3) is 3.59. The van der Waals surface area contributed by atoms with Crippen molar-refractivity contribution in [2.45, 2.75) is 12.5 Å². The first kappa shape index (κ1) is 7.41. The van der Waals surface area contributed by atoms with E-state index in [0.717, 1.165) is 0 Å². The first-order valence-electron chi connectivity index (χ1n) is 2.35. The Labute approximate surface area is 48.5 Å². The zero-order chi connectivity index (χ0) is 6.41. The van der Waals surface area contributed by atoms with Crippen LogP contribution >= 0.6 is 0 Å². The van der Waals surface area contributed by atoms with E-state index in [9.17, 15) is 0 Å². The topological polar surface area (TPSA) is 53.2 Å². The summed E-state index contributed by atoms with van der Waals surface area (Å²) in [6, 6.07) is 1.82. The molecule has 0 bridgehead atoms. The van der Waals surface area contributed by atoms with Crippen molar-refractivity contribution in [2.75, 3.05) is 13.7 Å². The molecule has 1 N–H and O–H groups in total. The second-order valence-electron chi connectivity index (χ2n) is 1.47. The van der Waals surface area contributed by atoms with Crippen LogP contribution in [0.4, 0.5) is 0 Å². The Balaban J connectivity index is 3.08. The number of rotatable bonds is 3. The lowest BCUT2D eigenvalue weighted by molar-refractivity contribution is 0.0677. The van der Waals surface area contributed by atoms with E-state index in [2.05, 4.69) is 4.74 Å². The van der Waals surface area contributed by atoms with Crippen molar-refractivity contribution in [1.29, 1.82) is 5.26 Å². The maximum Gasteiger partial charge on any atom is 0.0903 e. The summed E-state index contributed by atoms with van der Waals surface area (Å²) in [5.74, 6) is 0. The Morgan fingerprint density at radius 1 is 1.88 bits per heavy atom. The number of methoxy groups -OCH3 is 1. The molecule has 0 amide bonds. The van der Waals surface area contributed by atoms with Gasteiger partial charge >= 0.3 is 0 Å². The summed E-state index contributed by atoms with van der Waals surface area (Å²) in [7, 11) is 1.49. The molecule has 3 nitrogen and oxygen atoms in total. The van der Waals surface area contributed by atoms with Crippen LogP contribution in [0.25, 0.3) is 0 Å². The van der Waals surface area contributed by atoms with Crippen LogP contribution < -0.4 is 0 Å². The van der Waals surface area contributed by atoms with Gasteiger partial charge in [0.15, 0.2) is 0 Å². The molecule has 0 aromatic heterocycles. The van der Waals surface area contributed by atoms with E-state index in [-0.39, 0.29) is 13.0 Å². The molecule has 0 rings (SSSR count). The Hall–Kier alpha value is -0.590. The minimum Gasteiger partial charge on any atom is -0.390 e. The predicted octanol–water partition coefficient (Wildman–Crippen LogP) is -0.0926. The molecule has 0 aromatic carbocycles. The number of aliphatic hydroxyl groups excluding tert-OH is 1. The lowest BCUT2D eigenvalue weighted by atomic mass is 10.3. The average molecular weight is 115 g/mol. The van der Waals surface area contributed by atoms with Gasteiger partial charge in [-0.15, -0.1) is 0 Å². The first-order valence-corrected chi connectivity index (χ1v) is 2.35. The van der Waals surface area contributed by atoms with Gasteiger partial charge in [-0.1, -0.05) is 0 Å². The summed E-state index contributed by atoms with van der Waals surface area (Å²) in [4.78, 5) is 0. The van der Waals surface area contributed by atoms with Crippen LogP contribution in [0.2, 0.25) is 0 Å². The largest absolute Gasteiger partial charge is 0.390 e. The number of hydrogen-bond donors (Lipinski definition) is 1. The molecule has 0 aliphatic heterocycles. The molecule has 0 unspecified atom stereocenters. The minimum atomic E-state index is -0.620. The third-order valence-electron chi connectivity index (χ3n) is 0.686. The number of aliphatic hydroxyl groups is 1. The minimum absolute atomic E-state index is 0.147. The molecule has 0 radical (unpaired) electrons. The fraction of sp³-hybridized carbons (Fsp3) is 0.800. The maximum atomic E-state index is 8.70. The molecule has 0 saturated heterocycles. The van der Waals surface area contributed by atoms with E-state index in [4.69, 9.17) is 10.4 Å². The van der Waals surface area contributed by atoms with Gasteiger partial charge in [0.2, 0.25) is 0 Å². The second-order valence-corrected chi connectivity index (χ2v) is 1.47. The van der Waals surface area contributed by atoms with Gasteiger partial charge in [0.05, 0.1) is 25.2 Å². The van der Waals surface area contributed by atoms with Gasteiger partial charge in [0.25, 0.3) is 0 Å². The van der Waals surface area contributed by atoms with Crippen LogP contribution in [0.3, 0.4) is 0 Å². The predicted molar refractivity (Wildman–Crippen MR) is 28.1 cm³/mol. The number of ether oxygens (including phenoxy) is 1. The van der Waals surface area contributed by atoms with E-state index >= 15 is 0 Å². The number of nitrogens with zero attached hydrogens (tertiary/aromatic N) is 1. The highest BCUT2D eigenvalue weighted by molar-refractivity contribution is 4.74. The Kier molecular flexibility index (Phi) is 4.23. The van der Waals surface area contributed by atoms with Gasteiger partial charge in [-0.25, -0.2) is 0 Å². The summed E-state index contributed by atoms with van der Waals surface area (Å²) < 4.78 is 4.56. The van der Waals surface area contributed by atoms with Crippen molar-refractivity contribution >= 4 is 0 Å². The Morgan fingerprint density at radius 2 is 2.50 bits per heavy atom. The lowest BCUT2D eigenvalue weighted by Gasteiger charge is -2.01. The molecule has 1 atom stereocenters. The highest BCUT2D eigenvalue weighted by Gasteiger charge is 1.99. The summed E-state index contributed by atoms with van der Waals surface area (Å²) in [6.45, 7) is 0.244. The average Bonchev–Trinajstić information content (AvgIpc) is 1.68. The molecule has 0 fully saturated rings. The Bertz CT molecular complexity index is 86.9. The standard InChI is InChI=1S/C5H9NO2/c1-8-4-5(7)2-3-6/h5,7H,2,4H2,1H3/t5-/m1/s1. The van der Waals surface area contributed by atoms with Crippen molar-refractivity contribution in [3.05, 3.63) is 0 Å². The van der Waals surface area contributed by atoms with Crippen molar-refractivity contribution < 1.29 is 9.84 Å². The fourth-order valence-corrected chi connectivity index (χ4v) is 0.357. The molecule has 46 valence electrons. The third-order valence-corrected chi connectivity index (χ3v) is 0.686. The van der Waals surface area contributed by atoms with Crippen LogP contribution in [0.1, 0.15) is 6.42 Å². The molecule has 0 heterocycles. The highest BCUT2D eigenvalue weighted by atomic mass is 16.5.